The van der Waals surface area contributed by atoms with Crippen LogP contribution in [0.5, 0.6) is 0 Å². The number of carbonyl (C=O) groups excluding carboxylic acids is 1. The monoisotopic (exact) mass is 231 g/mol. The van der Waals surface area contributed by atoms with Crippen molar-refractivity contribution in [2.75, 3.05) is 5.32 Å². The number of benzene rings is 1. The first-order valence-corrected chi connectivity index (χ1v) is 5.33. The number of terminal acetylenes is 1. The number of nitrogens with one attached hydrogen (secondary N) is 1. The van der Waals surface area contributed by atoms with Gasteiger partial charge in [0, 0.05) is 18.5 Å². The Hall–Kier alpha value is -1.77. The van der Waals surface area contributed by atoms with Gasteiger partial charge in [-0.2, -0.15) is 0 Å². The van der Waals surface area contributed by atoms with E-state index < -0.39 is 7.12 Å². The second kappa shape index (κ2) is 6.74. The summed E-state index contributed by atoms with van der Waals surface area (Å²) in [5.41, 5.74) is 0.882. The molecule has 0 spiro atoms. The lowest BCUT2D eigenvalue weighted by molar-refractivity contribution is -0.116. The van der Waals surface area contributed by atoms with E-state index >= 15 is 0 Å². The SMILES string of the molecule is C#CCCCC(=O)Nc1cccc(B(O)O)c1. The Morgan fingerprint density at radius 3 is 2.88 bits per heavy atom. The van der Waals surface area contributed by atoms with E-state index in [9.17, 15) is 4.79 Å². The summed E-state index contributed by atoms with van der Waals surface area (Å²) in [6.07, 6.45) is 6.66. The number of unbranched alkanes of at least 4 members (excludes halogenated alkanes) is 1. The van der Waals surface area contributed by atoms with Crippen LogP contribution in [0.4, 0.5) is 5.69 Å². The Kier molecular flexibility index (Phi) is 5.27. The Morgan fingerprint density at radius 2 is 2.24 bits per heavy atom. The van der Waals surface area contributed by atoms with Gasteiger partial charge in [-0.15, -0.1) is 12.3 Å². The van der Waals surface area contributed by atoms with Crippen molar-refractivity contribution < 1.29 is 14.8 Å². The Labute approximate surface area is 101 Å². The highest BCUT2D eigenvalue weighted by Crippen LogP contribution is 2.06. The summed E-state index contributed by atoms with van der Waals surface area (Å²) in [7, 11) is -1.53. The van der Waals surface area contributed by atoms with Crippen molar-refractivity contribution in [3.8, 4) is 12.3 Å². The van der Waals surface area contributed by atoms with Gasteiger partial charge in [-0.05, 0) is 24.0 Å². The van der Waals surface area contributed by atoms with Crippen molar-refractivity contribution in [3.05, 3.63) is 24.3 Å². The van der Waals surface area contributed by atoms with Crippen LogP contribution in [0.2, 0.25) is 0 Å². The van der Waals surface area contributed by atoms with E-state index in [1.54, 1.807) is 18.2 Å². The first-order chi connectivity index (χ1) is 8.13. The molecule has 1 rings (SSSR count). The quantitative estimate of drug-likeness (QED) is 0.382. The molecule has 0 saturated heterocycles. The number of anilines is 1. The summed E-state index contributed by atoms with van der Waals surface area (Å²) < 4.78 is 0. The molecule has 1 aromatic carbocycles. The first kappa shape index (κ1) is 13.3. The zero-order valence-corrected chi connectivity index (χ0v) is 9.39. The highest BCUT2D eigenvalue weighted by molar-refractivity contribution is 6.58. The summed E-state index contributed by atoms with van der Waals surface area (Å²) >= 11 is 0. The van der Waals surface area contributed by atoms with Gasteiger partial charge in [-0.1, -0.05) is 12.1 Å². The number of hydrogen-bond acceptors (Lipinski definition) is 3. The van der Waals surface area contributed by atoms with Gasteiger partial charge >= 0.3 is 7.12 Å². The molecule has 0 aromatic heterocycles. The fourth-order valence-electron chi connectivity index (χ4n) is 1.35. The molecule has 0 saturated carbocycles. The second-order valence-electron chi connectivity index (χ2n) is 3.60. The lowest BCUT2D eigenvalue weighted by atomic mass is 9.80. The van der Waals surface area contributed by atoms with Crippen LogP contribution in [0.3, 0.4) is 0 Å². The molecule has 1 amide bonds. The van der Waals surface area contributed by atoms with Crippen LogP contribution in [0.15, 0.2) is 24.3 Å². The molecule has 3 N–H and O–H groups in total. The van der Waals surface area contributed by atoms with Gasteiger partial charge in [-0.25, -0.2) is 0 Å². The van der Waals surface area contributed by atoms with E-state index in [-0.39, 0.29) is 5.91 Å². The van der Waals surface area contributed by atoms with E-state index in [1.807, 2.05) is 0 Å². The molecule has 17 heavy (non-hydrogen) atoms. The fraction of sp³-hybridized carbons (Fsp3) is 0.250. The minimum atomic E-state index is -1.53. The topological polar surface area (TPSA) is 69.6 Å². The van der Waals surface area contributed by atoms with Crippen LogP contribution < -0.4 is 10.8 Å². The molecule has 0 unspecified atom stereocenters. The smallest absolute Gasteiger partial charge is 0.423 e. The van der Waals surface area contributed by atoms with E-state index in [0.29, 0.717) is 30.4 Å². The van der Waals surface area contributed by atoms with Crippen molar-refractivity contribution in [1.82, 2.24) is 0 Å². The van der Waals surface area contributed by atoms with Crippen molar-refractivity contribution in [2.24, 2.45) is 0 Å². The maximum atomic E-state index is 11.5. The number of rotatable bonds is 5. The number of amides is 1. The molecular weight excluding hydrogens is 217 g/mol. The fourth-order valence-corrected chi connectivity index (χ4v) is 1.35. The molecule has 4 nitrogen and oxygen atoms in total. The van der Waals surface area contributed by atoms with Crippen LogP contribution in [-0.4, -0.2) is 23.1 Å². The van der Waals surface area contributed by atoms with Gasteiger partial charge in [0.25, 0.3) is 0 Å². The van der Waals surface area contributed by atoms with Gasteiger partial charge < -0.3 is 15.4 Å². The maximum absolute atomic E-state index is 11.5. The molecule has 0 bridgehead atoms. The summed E-state index contributed by atoms with van der Waals surface area (Å²) in [6, 6.07) is 6.42. The largest absolute Gasteiger partial charge is 0.488 e. The molecule has 0 aliphatic heterocycles. The standard InChI is InChI=1S/C12H14BNO3/c1-2-3-4-8-12(15)14-11-7-5-6-10(9-11)13(16)17/h1,5-7,9,16-17H,3-4,8H2,(H,14,15). The molecule has 0 aliphatic carbocycles. The molecule has 5 heteroatoms. The predicted molar refractivity (Wildman–Crippen MR) is 67.6 cm³/mol. The third kappa shape index (κ3) is 4.73. The average molecular weight is 231 g/mol. The molecule has 88 valence electrons. The van der Waals surface area contributed by atoms with E-state index in [1.165, 1.54) is 6.07 Å². The Bertz CT molecular complexity index is 426. The zero-order chi connectivity index (χ0) is 12.7. The zero-order valence-electron chi connectivity index (χ0n) is 9.39. The molecule has 0 fully saturated rings. The lowest BCUT2D eigenvalue weighted by Gasteiger charge is -2.06. The summed E-state index contributed by atoms with van der Waals surface area (Å²) in [5.74, 6) is 2.33. The molecule has 0 atom stereocenters. The van der Waals surface area contributed by atoms with Gasteiger partial charge in [0.2, 0.25) is 5.91 Å². The number of hydrogen-bond donors (Lipinski definition) is 3. The Balaban J connectivity index is 2.54. The molecular formula is C12H14BNO3. The van der Waals surface area contributed by atoms with Gasteiger partial charge in [0.1, 0.15) is 0 Å². The summed E-state index contributed by atoms with van der Waals surface area (Å²) in [5, 5.41) is 20.6. The maximum Gasteiger partial charge on any atom is 0.488 e. The van der Waals surface area contributed by atoms with Crippen molar-refractivity contribution in [2.45, 2.75) is 19.3 Å². The van der Waals surface area contributed by atoms with Crippen molar-refractivity contribution in [1.29, 1.82) is 0 Å². The second-order valence-corrected chi connectivity index (χ2v) is 3.60. The lowest BCUT2D eigenvalue weighted by Crippen LogP contribution is -2.30. The van der Waals surface area contributed by atoms with Crippen LogP contribution in [0.1, 0.15) is 19.3 Å². The highest BCUT2D eigenvalue weighted by atomic mass is 16.4. The van der Waals surface area contributed by atoms with Gasteiger partial charge in [-0.3, -0.25) is 4.79 Å². The Morgan fingerprint density at radius 1 is 1.47 bits per heavy atom. The molecule has 0 aliphatic rings. The molecule has 0 radical (unpaired) electrons. The first-order valence-electron chi connectivity index (χ1n) is 5.33. The summed E-state index contributed by atoms with van der Waals surface area (Å²) in [4.78, 5) is 11.5. The van der Waals surface area contributed by atoms with Crippen LogP contribution in [-0.2, 0) is 4.79 Å². The van der Waals surface area contributed by atoms with Gasteiger partial charge in [0.05, 0.1) is 0 Å². The molecule has 0 heterocycles. The van der Waals surface area contributed by atoms with Crippen molar-refractivity contribution in [3.63, 3.8) is 0 Å². The molecule has 1 aromatic rings. The van der Waals surface area contributed by atoms with Crippen LogP contribution >= 0.6 is 0 Å². The third-order valence-corrected chi connectivity index (χ3v) is 2.19. The van der Waals surface area contributed by atoms with E-state index in [2.05, 4.69) is 11.2 Å². The minimum Gasteiger partial charge on any atom is -0.423 e. The highest BCUT2D eigenvalue weighted by Gasteiger charge is 2.11. The minimum absolute atomic E-state index is 0.134. The van der Waals surface area contributed by atoms with Crippen LogP contribution in [0.25, 0.3) is 0 Å². The number of carbonyl (C=O) groups is 1. The summed E-state index contributed by atoms with van der Waals surface area (Å²) in [6.45, 7) is 0. The predicted octanol–water partition coefficient (Wildman–Crippen LogP) is 0.108. The van der Waals surface area contributed by atoms with Crippen LogP contribution in [0, 0.1) is 12.3 Å². The van der Waals surface area contributed by atoms with Gasteiger partial charge in [0.15, 0.2) is 0 Å². The normalized spacial score (nSPS) is 9.47. The van der Waals surface area contributed by atoms with E-state index in [0.717, 1.165) is 0 Å². The average Bonchev–Trinajstić information content (AvgIpc) is 2.29. The van der Waals surface area contributed by atoms with Crippen molar-refractivity contribution >= 4 is 24.2 Å². The third-order valence-electron chi connectivity index (χ3n) is 2.19. The van der Waals surface area contributed by atoms with E-state index in [4.69, 9.17) is 16.5 Å².